The van der Waals surface area contributed by atoms with Gasteiger partial charge in [-0.05, 0) is 43.1 Å². The SMILES string of the molecule is CCN1CCC(Oc2c(N)ncc3[nH]c4ncc(-c5cccc(Cl)c5)cc4c23)CC1. The van der Waals surface area contributed by atoms with Crippen LogP contribution in [0.15, 0.2) is 42.7 Å². The normalized spacial score (nSPS) is 15.8. The molecular weight excluding hydrogens is 398 g/mol. The van der Waals surface area contributed by atoms with Crippen molar-refractivity contribution in [3.63, 3.8) is 0 Å². The summed E-state index contributed by atoms with van der Waals surface area (Å²) in [5, 5.41) is 2.60. The molecule has 1 aliphatic heterocycles. The summed E-state index contributed by atoms with van der Waals surface area (Å²) in [5.41, 5.74) is 9.94. The van der Waals surface area contributed by atoms with E-state index in [1.165, 1.54) is 0 Å². The largest absolute Gasteiger partial charge is 0.486 e. The molecule has 1 aromatic carbocycles. The standard InChI is InChI=1S/C23H24ClN5O/c1-2-29-8-6-17(7-9-29)30-21-20-18-11-15(14-4-3-5-16(24)10-14)12-27-23(18)28-19(20)13-26-22(21)25/h3-5,10-13,17H,2,6-9H2,1H3,(H2,25,26)(H,27,28). The molecule has 0 radical (unpaired) electrons. The molecule has 0 atom stereocenters. The second-order valence-corrected chi connectivity index (χ2v) is 8.20. The number of piperidine rings is 1. The number of nitrogens with zero attached hydrogens (tertiary/aromatic N) is 3. The van der Waals surface area contributed by atoms with Crippen LogP contribution in [0.1, 0.15) is 19.8 Å². The number of fused-ring (bicyclic) bond motifs is 3. The maximum absolute atomic E-state index is 6.44. The van der Waals surface area contributed by atoms with Gasteiger partial charge >= 0.3 is 0 Å². The quantitative estimate of drug-likeness (QED) is 0.491. The van der Waals surface area contributed by atoms with Crippen LogP contribution < -0.4 is 10.5 Å². The van der Waals surface area contributed by atoms with Crippen molar-refractivity contribution in [2.24, 2.45) is 0 Å². The number of halogens is 1. The number of benzene rings is 1. The number of hydrogen-bond acceptors (Lipinski definition) is 5. The molecule has 0 aliphatic carbocycles. The summed E-state index contributed by atoms with van der Waals surface area (Å²) < 4.78 is 6.44. The lowest BCUT2D eigenvalue weighted by Gasteiger charge is -2.31. The fraction of sp³-hybridized carbons (Fsp3) is 0.304. The Balaban J connectivity index is 1.59. The average Bonchev–Trinajstić information content (AvgIpc) is 3.14. The van der Waals surface area contributed by atoms with Crippen molar-refractivity contribution in [1.29, 1.82) is 0 Å². The topological polar surface area (TPSA) is 80.1 Å². The Labute approximate surface area is 180 Å². The van der Waals surface area contributed by atoms with Crippen LogP contribution in [0.4, 0.5) is 5.82 Å². The van der Waals surface area contributed by atoms with E-state index in [9.17, 15) is 0 Å². The van der Waals surface area contributed by atoms with E-state index in [1.807, 2.05) is 30.5 Å². The fourth-order valence-electron chi connectivity index (χ4n) is 4.21. The molecule has 1 fully saturated rings. The van der Waals surface area contributed by atoms with Crippen LogP contribution in [0.5, 0.6) is 5.75 Å². The number of H-pyrrole nitrogens is 1. The van der Waals surface area contributed by atoms with Crippen molar-refractivity contribution < 1.29 is 4.74 Å². The van der Waals surface area contributed by atoms with E-state index < -0.39 is 0 Å². The Hall–Kier alpha value is -2.83. The lowest BCUT2D eigenvalue weighted by molar-refractivity contribution is 0.105. The summed E-state index contributed by atoms with van der Waals surface area (Å²) in [6.45, 7) is 5.35. The number of rotatable bonds is 4. The molecule has 30 heavy (non-hydrogen) atoms. The van der Waals surface area contributed by atoms with E-state index >= 15 is 0 Å². The van der Waals surface area contributed by atoms with E-state index in [2.05, 4.69) is 32.8 Å². The number of nitrogens with two attached hydrogens (primary N) is 1. The van der Waals surface area contributed by atoms with E-state index in [4.69, 9.17) is 22.1 Å². The Kier molecular flexibility index (Phi) is 4.97. The van der Waals surface area contributed by atoms with Gasteiger partial charge in [0.05, 0.1) is 17.1 Å². The number of hydrogen-bond donors (Lipinski definition) is 2. The molecule has 1 aliphatic rings. The smallest absolute Gasteiger partial charge is 0.171 e. The van der Waals surface area contributed by atoms with Crippen molar-refractivity contribution in [2.75, 3.05) is 25.4 Å². The van der Waals surface area contributed by atoms with Gasteiger partial charge in [0.2, 0.25) is 0 Å². The molecule has 6 nitrogen and oxygen atoms in total. The number of aromatic nitrogens is 3. The summed E-state index contributed by atoms with van der Waals surface area (Å²) in [4.78, 5) is 14.8. The third kappa shape index (κ3) is 3.46. The maximum Gasteiger partial charge on any atom is 0.171 e. The van der Waals surface area contributed by atoms with Gasteiger partial charge in [0.1, 0.15) is 11.8 Å². The second-order valence-electron chi connectivity index (χ2n) is 7.77. The predicted octanol–water partition coefficient (Wildman–Crippen LogP) is 4.88. The van der Waals surface area contributed by atoms with Gasteiger partial charge in [-0.15, -0.1) is 0 Å². The first-order chi connectivity index (χ1) is 14.6. The summed E-state index contributed by atoms with van der Waals surface area (Å²) in [6.07, 6.45) is 5.70. The molecule has 5 rings (SSSR count). The van der Waals surface area contributed by atoms with Crippen molar-refractivity contribution in [3.05, 3.63) is 47.7 Å². The van der Waals surface area contributed by atoms with Crippen molar-refractivity contribution in [3.8, 4) is 16.9 Å². The average molecular weight is 422 g/mol. The zero-order valence-corrected chi connectivity index (χ0v) is 17.6. The molecule has 0 bridgehead atoms. The first kappa shape index (κ1) is 19.2. The minimum Gasteiger partial charge on any atom is -0.486 e. The summed E-state index contributed by atoms with van der Waals surface area (Å²) >= 11 is 6.19. The number of likely N-dealkylation sites (tertiary alicyclic amines) is 1. The summed E-state index contributed by atoms with van der Waals surface area (Å²) in [7, 11) is 0. The third-order valence-electron chi connectivity index (χ3n) is 5.90. The number of nitrogens with one attached hydrogen (secondary N) is 1. The van der Waals surface area contributed by atoms with E-state index in [-0.39, 0.29) is 6.10 Å². The zero-order valence-electron chi connectivity index (χ0n) is 16.9. The number of aromatic amines is 1. The van der Waals surface area contributed by atoms with Crippen LogP contribution in [0, 0.1) is 0 Å². The summed E-state index contributed by atoms with van der Waals surface area (Å²) in [6, 6.07) is 9.88. The number of ether oxygens (including phenoxy) is 1. The first-order valence-electron chi connectivity index (χ1n) is 10.3. The minimum absolute atomic E-state index is 0.136. The molecule has 0 unspecified atom stereocenters. The van der Waals surface area contributed by atoms with Crippen LogP contribution in [0.3, 0.4) is 0 Å². The number of nitrogen functional groups attached to an aromatic ring is 1. The van der Waals surface area contributed by atoms with Gasteiger partial charge in [0.15, 0.2) is 11.6 Å². The molecule has 7 heteroatoms. The maximum atomic E-state index is 6.44. The Morgan fingerprint density at radius 1 is 1.17 bits per heavy atom. The van der Waals surface area contributed by atoms with Gasteiger partial charge in [-0.2, -0.15) is 0 Å². The molecule has 4 heterocycles. The molecule has 0 amide bonds. The predicted molar refractivity (Wildman–Crippen MR) is 122 cm³/mol. The van der Waals surface area contributed by atoms with Crippen LogP contribution in [0.2, 0.25) is 5.02 Å². The molecule has 0 spiro atoms. The molecule has 0 saturated carbocycles. The highest BCUT2D eigenvalue weighted by atomic mass is 35.5. The molecule has 3 N–H and O–H groups in total. The van der Waals surface area contributed by atoms with Crippen molar-refractivity contribution in [1.82, 2.24) is 19.9 Å². The van der Waals surface area contributed by atoms with E-state index in [0.29, 0.717) is 16.6 Å². The zero-order chi connectivity index (χ0) is 20.7. The fourth-order valence-corrected chi connectivity index (χ4v) is 4.40. The lowest BCUT2D eigenvalue weighted by atomic mass is 10.1. The van der Waals surface area contributed by atoms with Crippen LogP contribution >= 0.6 is 11.6 Å². The first-order valence-corrected chi connectivity index (χ1v) is 10.7. The molecule has 154 valence electrons. The molecule has 1 saturated heterocycles. The van der Waals surface area contributed by atoms with Gasteiger partial charge in [-0.25, -0.2) is 9.97 Å². The van der Waals surface area contributed by atoms with Gasteiger partial charge in [-0.1, -0.05) is 30.7 Å². The van der Waals surface area contributed by atoms with Crippen LogP contribution in [-0.4, -0.2) is 45.6 Å². The van der Waals surface area contributed by atoms with Crippen LogP contribution in [-0.2, 0) is 0 Å². The van der Waals surface area contributed by atoms with Crippen LogP contribution in [0.25, 0.3) is 33.1 Å². The number of pyridine rings is 2. The van der Waals surface area contributed by atoms with Gasteiger partial charge in [-0.3, -0.25) is 0 Å². The highest BCUT2D eigenvalue weighted by Crippen LogP contribution is 2.38. The molecule has 3 aromatic heterocycles. The monoisotopic (exact) mass is 421 g/mol. The number of anilines is 1. The lowest BCUT2D eigenvalue weighted by Crippen LogP contribution is -2.38. The Morgan fingerprint density at radius 2 is 2.00 bits per heavy atom. The van der Waals surface area contributed by atoms with E-state index in [0.717, 1.165) is 65.5 Å². The van der Waals surface area contributed by atoms with Crippen molar-refractivity contribution >= 4 is 39.4 Å². The minimum atomic E-state index is 0.136. The molecule has 4 aromatic rings. The molecular formula is C23H24ClN5O. The Morgan fingerprint density at radius 3 is 2.77 bits per heavy atom. The Bertz CT molecular complexity index is 1210. The van der Waals surface area contributed by atoms with Gasteiger partial charge in [0.25, 0.3) is 0 Å². The van der Waals surface area contributed by atoms with Gasteiger partial charge < -0.3 is 20.4 Å². The van der Waals surface area contributed by atoms with Gasteiger partial charge in [0, 0.05) is 35.3 Å². The summed E-state index contributed by atoms with van der Waals surface area (Å²) in [5.74, 6) is 1.06. The highest BCUT2D eigenvalue weighted by molar-refractivity contribution is 6.30. The second kappa shape index (κ2) is 7.78. The van der Waals surface area contributed by atoms with Crippen molar-refractivity contribution in [2.45, 2.75) is 25.9 Å². The highest BCUT2D eigenvalue weighted by Gasteiger charge is 2.23. The van der Waals surface area contributed by atoms with E-state index in [1.54, 1.807) is 6.20 Å². The third-order valence-corrected chi connectivity index (χ3v) is 6.13.